The lowest BCUT2D eigenvalue weighted by molar-refractivity contribution is -0.147. The highest BCUT2D eigenvalue weighted by atomic mass is 32.2. The first-order chi connectivity index (χ1) is 13.2. The van der Waals surface area contributed by atoms with Crippen LogP contribution in [0.4, 0.5) is 0 Å². The molecule has 3 atom stereocenters. The van der Waals surface area contributed by atoms with Crippen LogP contribution in [-0.2, 0) is 24.0 Å². The molecular weight excluding hydrogens is 392 g/mol. The van der Waals surface area contributed by atoms with Crippen molar-refractivity contribution in [2.24, 2.45) is 0 Å². The number of hydrogen-bond acceptors (Lipinski definition) is 7. The molecule has 0 aromatic carbocycles. The van der Waals surface area contributed by atoms with E-state index in [0.717, 1.165) is 13.0 Å². The number of nitrogens with one attached hydrogen (secondary N) is 4. The summed E-state index contributed by atoms with van der Waals surface area (Å²) in [5.41, 5.74) is 0. The highest BCUT2D eigenvalue weighted by Gasteiger charge is 2.28. The third-order valence-electron chi connectivity index (χ3n) is 4.06. The minimum atomic E-state index is -1.60. The highest BCUT2D eigenvalue weighted by molar-refractivity contribution is 7.98. The number of amides is 3. The van der Waals surface area contributed by atoms with Crippen molar-refractivity contribution >= 4 is 41.4 Å². The second-order valence-corrected chi connectivity index (χ2v) is 7.25. The average Bonchev–Trinajstić information content (AvgIpc) is 3.16. The molecule has 6 N–H and O–H groups in total. The largest absolute Gasteiger partial charge is 0.481 e. The normalized spacial score (nSPS) is 18.0. The summed E-state index contributed by atoms with van der Waals surface area (Å²) in [7, 11) is 0. The molecule has 0 saturated carbocycles. The van der Waals surface area contributed by atoms with Crippen LogP contribution in [0, 0.1) is 0 Å². The van der Waals surface area contributed by atoms with Crippen LogP contribution in [0.2, 0.25) is 0 Å². The Morgan fingerprint density at radius 1 is 1.14 bits per heavy atom. The second kappa shape index (κ2) is 12.2. The van der Waals surface area contributed by atoms with Gasteiger partial charge in [-0.05, 0) is 37.8 Å². The Bertz CT molecular complexity index is 596. The van der Waals surface area contributed by atoms with E-state index in [4.69, 9.17) is 10.2 Å². The van der Waals surface area contributed by atoms with Crippen LogP contribution < -0.4 is 21.3 Å². The summed E-state index contributed by atoms with van der Waals surface area (Å²) in [6.45, 7) is 0.205. The number of carboxylic acid groups (broad SMARTS) is 2. The Kier molecular flexibility index (Phi) is 10.3. The van der Waals surface area contributed by atoms with E-state index < -0.39 is 48.8 Å². The van der Waals surface area contributed by atoms with Gasteiger partial charge in [0.1, 0.15) is 12.1 Å². The molecule has 0 bridgehead atoms. The molecule has 158 valence electrons. The van der Waals surface area contributed by atoms with Gasteiger partial charge in [-0.2, -0.15) is 11.8 Å². The first kappa shape index (κ1) is 23.7. The van der Waals surface area contributed by atoms with E-state index in [1.807, 2.05) is 11.6 Å². The molecule has 1 fully saturated rings. The topological polar surface area (TPSA) is 174 Å². The predicted octanol–water partition coefficient (Wildman–Crippen LogP) is -1.86. The molecular formula is C16H26N4O7S. The van der Waals surface area contributed by atoms with Crippen molar-refractivity contribution in [2.75, 3.05) is 25.1 Å². The lowest BCUT2D eigenvalue weighted by atomic mass is 10.1. The smallest absolute Gasteiger partial charge is 0.326 e. The van der Waals surface area contributed by atoms with Crippen molar-refractivity contribution in [1.82, 2.24) is 21.3 Å². The number of hydrogen-bond donors (Lipinski definition) is 6. The summed E-state index contributed by atoms with van der Waals surface area (Å²) >= 11 is 1.50. The Balaban J connectivity index is 2.56. The fraction of sp³-hybridized carbons (Fsp3) is 0.688. The fourth-order valence-corrected chi connectivity index (χ4v) is 3.07. The SMILES string of the molecule is CSCCC(NC(=O)C1CCCN1)C(=O)NCC(=O)NC(CC(=O)O)C(=O)O. The van der Waals surface area contributed by atoms with Gasteiger partial charge in [-0.15, -0.1) is 0 Å². The molecule has 11 nitrogen and oxygen atoms in total. The molecule has 1 rings (SSSR count). The summed E-state index contributed by atoms with van der Waals surface area (Å²) in [5.74, 6) is -3.94. The highest BCUT2D eigenvalue weighted by Crippen LogP contribution is 2.07. The number of carbonyl (C=O) groups is 5. The Hall–Kier alpha value is -2.34. The number of aliphatic carboxylic acids is 2. The van der Waals surface area contributed by atoms with Crippen LogP contribution >= 0.6 is 11.8 Å². The van der Waals surface area contributed by atoms with E-state index in [1.165, 1.54) is 11.8 Å². The maximum Gasteiger partial charge on any atom is 0.326 e. The van der Waals surface area contributed by atoms with E-state index in [-0.39, 0.29) is 11.9 Å². The van der Waals surface area contributed by atoms with E-state index in [0.29, 0.717) is 18.6 Å². The molecule has 1 aliphatic rings. The van der Waals surface area contributed by atoms with Crippen LogP contribution in [0.5, 0.6) is 0 Å². The molecule has 0 aliphatic carbocycles. The van der Waals surface area contributed by atoms with Gasteiger partial charge in [0.25, 0.3) is 0 Å². The minimum absolute atomic E-state index is 0.282. The molecule has 3 unspecified atom stereocenters. The Morgan fingerprint density at radius 3 is 2.39 bits per heavy atom. The van der Waals surface area contributed by atoms with Crippen molar-refractivity contribution in [3.8, 4) is 0 Å². The van der Waals surface area contributed by atoms with Gasteiger partial charge < -0.3 is 31.5 Å². The van der Waals surface area contributed by atoms with Crippen molar-refractivity contribution < 1.29 is 34.2 Å². The maximum atomic E-state index is 12.4. The van der Waals surface area contributed by atoms with Gasteiger partial charge in [0, 0.05) is 0 Å². The predicted molar refractivity (Wildman–Crippen MR) is 101 cm³/mol. The van der Waals surface area contributed by atoms with E-state index >= 15 is 0 Å². The number of thioether (sulfide) groups is 1. The zero-order chi connectivity index (χ0) is 21.1. The number of carbonyl (C=O) groups excluding carboxylic acids is 3. The average molecular weight is 418 g/mol. The first-order valence-electron chi connectivity index (χ1n) is 8.79. The number of rotatable bonds is 12. The quantitative estimate of drug-likeness (QED) is 0.212. The third-order valence-corrected chi connectivity index (χ3v) is 4.70. The van der Waals surface area contributed by atoms with E-state index in [9.17, 15) is 24.0 Å². The van der Waals surface area contributed by atoms with Crippen LogP contribution in [0.1, 0.15) is 25.7 Å². The molecule has 1 aliphatic heterocycles. The molecule has 0 spiro atoms. The summed E-state index contributed by atoms with van der Waals surface area (Å²) in [5, 5.41) is 27.7. The zero-order valence-corrected chi connectivity index (χ0v) is 16.3. The zero-order valence-electron chi connectivity index (χ0n) is 15.5. The molecule has 0 aromatic heterocycles. The van der Waals surface area contributed by atoms with Crippen LogP contribution in [0.15, 0.2) is 0 Å². The molecule has 28 heavy (non-hydrogen) atoms. The lowest BCUT2D eigenvalue weighted by Gasteiger charge is -2.20. The van der Waals surface area contributed by atoms with Crippen molar-refractivity contribution in [3.63, 3.8) is 0 Å². The van der Waals surface area contributed by atoms with Gasteiger partial charge in [-0.3, -0.25) is 19.2 Å². The molecule has 1 saturated heterocycles. The van der Waals surface area contributed by atoms with Gasteiger partial charge >= 0.3 is 11.9 Å². The summed E-state index contributed by atoms with van der Waals surface area (Å²) in [4.78, 5) is 58.0. The monoisotopic (exact) mass is 418 g/mol. The Morgan fingerprint density at radius 2 is 1.86 bits per heavy atom. The van der Waals surface area contributed by atoms with Gasteiger partial charge in [0.05, 0.1) is 19.0 Å². The van der Waals surface area contributed by atoms with Crippen molar-refractivity contribution in [1.29, 1.82) is 0 Å². The minimum Gasteiger partial charge on any atom is -0.481 e. The first-order valence-corrected chi connectivity index (χ1v) is 10.2. The molecule has 12 heteroatoms. The molecule has 1 heterocycles. The second-order valence-electron chi connectivity index (χ2n) is 6.27. The van der Waals surface area contributed by atoms with Gasteiger partial charge in [0.2, 0.25) is 17.7 Å². The van der Waals surface area contributed by atoms with Crippen LogP contribution in [0.25, 0.3) is 0 Å². The van der Waals surface area contributed by atoms with E-state index in [1.54, 1.807) is 0 Å². The number of carboxylic acids is 2. The lowest BCUT2D eigenvalue weighted by Crippen LogP contribution is -2.53. The summed E-state index contributed by atoms with van der Waals surface area (Å²) in [6, 6.07) is -2.77. The van der Waals surface area contributed by atoms with Crippen LogP contribution in [0.3, 0.4) is 0 Å². The van der Waals surface area contributed by atoms with Crippen LogP contribution in [-0.4, -0.2) is 83.1 Å². The molecule has 3 amide bonds. The molecule has 0 aromatic rings. The maximum absolute atomic E-state index is 12.4. The van der Waals surface area contributed by atoms with Crippen molar-refractivity contribution in [3.05, 3.63) is 0 Å². The van der Waals surface area contributed by atoms with Crippen molar-refractivity contribution in [2.45, 2.75) is 43.8 Å². The third kappa shape index (κ3) is 8.57. The fourth-order valence-electron chi connectivity index (χ4n) is 2.60. The van der Waals surface area contributed by atoms with Gasteiger partial charge in [-0.25, -0.2) is 4.79 Å². The Labute approximate surface area is 166 Å². The van der Waals surface area contributed by atoms with Gasteiger partial charge in [0.15, 0.2) is 0 Å². The standard InChI is InChI=1S/C16H26N4O7S/c1-28-6-4-10(20-15(25)9-3-2-5-17-9)14(24)18-8-12(21)19-11(16(26)27)7-13(22)23/h9-11,17H,2-8H2,1H3,(H,18,24)(H,19,21)(H,20,25)(H,22,23)(H,26,27). The summed E-state index contributed by atoms with van der Waals surface area (Å²) < 4.78 is 0. The van der Waals surface area contributed by atoms with E-state index in [2.05, 4.69) is 16.0 Å². The molecule has 0 radical (unpaired) electrons. The summed E-state index contributed by atoms with van der Waals surface area (Å²) in [6.07, 6.45) is 3.00. The van der Waals surface area contributed by atoms with Gasteiger partial charge in [-0.1, -0.05) is 0 Å².